The lowest BCUT2D eigenvalue weighted by molar-refractivity contribution is -0.0337. The number of piperidine rings is 2. The highest BCUT2D eigenvalue weighted by Crippen LogP contribution is 2.40. The number of amides is 1. The normalized spacial score (nSPS) is 21.7. The SMILES string of the molecule is N#Cc1ccccc1CN1CCC2(CC1)CC(O)CN(C(=O)c1cccnc1)C2. The third-order valence-corrected chi connectivity index (χ3v) is 6.27. The van der Waals surface area contributed by atoms with Gasteiger partial charge >= 0.3 is 0 Å². The van der Waals surface area contributed by atoms with Crippen molar-refractivity contribution in [2.24, 2.45) is 5.41 Å². The zero-order valence-electron chi connectivity index (χ0n) is 16.5. The van der Waals surface area contributed by atoms with E-state index in [1.165, 1.54) is 0 Å². The molecule has 3 heterocycles. The molecule has 0 bridgehead atoms. The Kier molecular flexibility index (Phi) is 5.61. The zero-order chi connectivity index (χ0) is 20.3. The predicted octanol–water partition coefficient (Wildman–Crippen LogP) is 2.44. The summed E-state index contributed by atoms with van der Waals surface area (Å²) in [4.78, 5) is 21.1. The molecule has 1 aromatic carbocycles. The second-order valence-electron chi connectivity index (χ2n) is 8.33. The first-order chi connectivity index (χ1) is 14.1. The molecule has 2 aliphatic heterocycles. The Balaban J connectivity index is 1.42. The van der Waals surface area contributed by atoms with Crippen LogP contribution in [0.2, 0.25) is 0 Å². The summed E-state index contributed by atoms with van der Waals surface area (Å²) in [7, 11) is 0. The van der Waals surface area contributed by atoms with Gasteiger partial charge in [-0.2, -0.15) is 5.26 Å². The molecule has 1 spiro atoms. The zero-order valence-corrected chi connectivity index (χ0v) is 16.5. The molecule has 29 heavy (non-hydrogen) atoms. The lowest BCUT2D eigenvalue weighted by Crippen LogP contribution is -2.55. The fourth-order valence-corrected chi connectivity index (χ4v) is 4.74. The first-order valence-corrected chi connectivity index (χ1v) is 10.2. The Labute approximate surface area is 171 Å². The fraction of sp³-hybridized carbons (Fsp3) is 0.435. The van der Waals surface area contributed by atoms with Gasteiger partial charge in [0.15, 0.2) is 0 Å². The highest BCUT2D eigenvalue weighted by Gasteiger charge is 2.43. The Morgan fingerprint density at radius 2 is 2.03 bits per heavy atom. The molecule has 1 aromatic heterocycles. The van der Waals surface area contributed by atoms with Gasteiger partial charge in [0.1, 0.15) is 0 Å². The standard InChI is InChI=1S/C23H26N4O2/c24-13-18-4-1-2-5-20(18)15-26-10-7-23(8-11-26)12-21(28)16-27(17-23)22(29)19-6-3-9-25-14-19/h1-6,9,14,21,28H,7-8,10-12,15-17H2. The number of hydrogen-bond donors (Lipinski definition) is 1. The van der Waals surface area contributed by atoms with Crippen molar-refractivity contribution in [3.63, 3.8) is 0 Å². The molecule has 0 saturated carbocycles. The summed E-state index contributed by atoms with van der Waals surface area (Å²) in [5.41, 5.74) is 2.32. The highest BCUT2D eigenvalue weighted by atomic mass is 16.3. The monoisotopic (exact) mass is 390 g/mol. The topological polar surface area (TPSA) is 80.5 Å². The largest absolute Gasteiger partial charge is 0.391 e. The lowest BCUT2D eigenvalue weighted by Gasteiger charge is -2.49. The molecule has 1 N–H and O–H groups in total. The summed E-state index contributed by atoms with van der Waals surface area (Å²) < 4.78 is 0. The number of benzene rings is 1. The molecule has 150 valence electrons. The van der Waals surface area contributed by atoms with Crippen molar-refractivity contribution >= 4 is 5.91 Å². The fourth-order valence-electron chi connectivity index (χ4n) is 4.74. The van der Waals surface area contributed by atoms with Gasteiger partial charge < -0.3 is 10.0 Å². The van der Waals surface area contributed by atoms with E-state index in [2.05, 4.69) is 16.0 Å². The second kappa shape index (κ2) is 8.32. The Morgan fingerprint density at radius 1 is 1.24 bits per heavy atom. The maximum atomic E-state index is 12.9. The molecular formula is C23H26N4O2. The third kappa shape index (κ3) is 4.31. The smallest absolute Gasteiger partial charge is 0.255 e. The van der Waals surface area contributed by atoms with Gasteiger partial charge in [0.25, 0.3) is 5.91 Å². The van der Waals surface area contributed by atoms with Gasteiger partial charge in [0.2, 0.25) is 0 Å². The number of nitrogens with zero attached hydrogens (tertiary/aromatic N) is 4. The number of rotatable bonds is 3. The van der Waals surface area contributed by atoms with E-state index >= 15 is 0 Å². The van der Waals surface area contributed by atoms with Crippen LogP contribution in [-0.2, 0) is 6.54 Å². The minimum atomic E-state index is -0.491. The summed E-state index contributed by atoms with van der Waals surface area (Å²) in [5.74, 6) is -0.0541. The lowest BCUT2D eigenvalue weighted by atomic mass is 9.71. The van der Waals surface area contributed by atoms with Gasteiger partial charge in [-0.1, -0.05) is 18.2 Å². The van der Waals surface area contributed by atoms with E-state index in [0.717, 1.165) is 50.0 Å². The van der Waals surface area contributed by atoms with Crippen molar-refractivity contribution in [2.75, 3.05) is 26.2 Å². The van der Waals surface area contributed by atoms with Crippen LogP contribution in [0.3, 0.4) is 0 Å². The third-order valence-electron chi connectivity index (χ3n) is 6.27. The quantitative estimate of drug-likeness (QED) is 0.871. The Hall–Kier alpha value is -2.75. The number of carbonyl (C=O) groups excluding carboxylic acids is 1. The van der Waals surface area contributed by atoms with Crippen LogP contribution in [-0.4, -0.2) is 58.1 Å². The van der Waals surface area contributed by atoms with Crippen LogP contribution < -0.4 is 0 Å². The number of aromatic nitrogens is 1. The number of carbonyl (C=O) groups is 1. The predicted molar refractivity (Wildman–Crippen MR) is 109 cm³/mol. The van der Waals surface area contributed by atoms with Crippen molar-refractivity contribution < 1.29 is 9.90 Å². The van der Waals surface area contributed by atoms with Gasteiger partial charge in [-0.3, -0.25) is 14.7 Å². The van der Waals surface area contributed by atoms with E-state index in [1.54, 1.807) is 29.4 Å². The summed E-state index contributed by atoms with van der Waals surface area (Å²) >= 11 is 0. The minimum absolute atomic E-state index is 0.0409. The second-order valence-corrected chi connectivity index (χ2v) is 8.33. The van der Waals surface area contributed by atoms with Crippen LogP contribution in [0.25, 0.3) is 0 Å². The van der Waals surface area contributed by atoms with Crippen molar-refractivity contribution in [1.82, 2.24) is 14.8 Å². The summed E-state index contributed by atoms with van der Waals surface area (Å²) in [5, 5.41) is 19.8. The number of β-amino-alcohol motifs (C(OH)–C–C–N with tert-alkyl or cyclic N) is 1. The molecule has 0 aliphatic carbocycles. The molecule has 2 aliphatic rings. The summed E-state index contributed by atoms with van der Waals surface area (Å²) in [6, 6.07) is 13.6. The minimum Gasteiger partial charge on any atom is -0.391 e. The molecule has 6 nitrogen and oxygen atoms in total. The maximum absolute atomic E-state index is 12.9. The Bertz CT molecular complexity index is 901. The van der Waals surface area contributed by atoms with Crippen LogP contribution in [0.1, 0.15) is 40.7 Å². The number of hydrogen-bond acceptors (Lipinski definition) is 5. The molecule has 4 rings (SSSR count). The van der Waals surface area contributed by atoms with E-state index in [0.29, 0.717) is 18.7 Å². The van der Waals surface area contributed by atoms with Crippen LogP contribution >= 0.6 is 0 Å². The molecule has 2 saturated heterocycles. The van der Waals surface area contributed by atoms with E-state index < -0.39 is 6.10 Å². The van der Waals surface area contributed by atoms with Gasteiger partial charge in [-0.05, 0) is 61.5 Å². The number of aliphatic hydroxyl groups excluding tert-OH is 1. The molecular weight excluding hydrogens is 364 g/mol. The van der Waals surface area contributed by atoms with E-state index in [9.17, 15) is 15.2 Å². The van der Waals surface area contributed by atoms with Crippen LogP contribution in [0.4, 0.5) is 0 Å². The number of likely N-dealkylation sites (tertiary alicyclic amines) is 2. The summed E-state index contributed by atoms with van der Waals surface area (Å²) in [6.45, 7) is 3.64. The van der Waals surface area contributed by atoms with E-state index in [4.69, 9.17) is 0 Å². The van der Waals surface area contributed by atoms with Gasteiger partial charge in [-0.15, -0.1) is 0 Å². The number of pyridine rings is 1. The first kappa shape index (κ1) is 19.6. The van der Waals surface area contributed by atoms with Gasteiger partial charge in [0.05, 0.1) is 23.3 Å². The number of aliphatic hydroxyl groups is 1. The van der Waals surface area contributed by atoms with E-state index in [1.807, 2.05) is 24.3 Å². The maximum Gasteiger partial charge on any atom is 0.255 e. The molecule has 2 aromatic rings. The highest BCUT2D eigenvalue weighted by molar-refractivity contribution is 5.94. The molecule has 1 unspecified atom stereocenters. The molecule has 1 amide bonds. The van der Waals surface area contributed by atoms with Crippen molar-refractivity contribution in [3.05, 3.63) is 65.5 Å². The summed E-state index contributed by atoms with van der Waals surface area (Å²) in [6.07, 6.45) is 5.38. The van der Waals surface area contributed by atoms with Crippen LogP contribution in [0.5, 0.6) is 0 Å². The number of nitriles is 1. The molecule has 6 heteroatoms. The first-order valence-electron chi connectivity index (χ1n) is 10.2. The van der Waals surface area contributed by atoms with E-state index in [-0.39, 0.29) is 11.3 Å². The molecule has 1 atom stereocenters. The van der Waals surface area contributed by atoms with Gasteiger partial charge in [-0.25, -0.2) is 0 Å². The average molecular weight is 390 g/mol. The van der Waals surface area contributed by atoms with Crippen molar-refractivity contribution in [2.45, 2.75) is 31.9 Å². The van der Waals surface area contributed by atoms with Crippen LogP contribution in [0, 0.1) is 16.7 Å². The van der Waals surface area contributed by atoms with Crippen molar-refractivity contribution in [3.8, 4) is 6.07 Å². The average Bonchev–Trinajstić information content (AvgIpc) is 2.75. The van der Waals surface area contributed by atoms with Gasteiger partial charge in [0, 0.05) is 32.0 Å². The molecule has 0 radical (unpaired) electrons. The van der Waals surface area contributed by atoms with Crippen molar-refractivity contribution in [1.29, 1.82) is 5.26 Å². The Morgan fingerprint density at radius 3 is 2.76 bits per heavy atom. The molecule has 2 fully saturated rings. The van der Waals surface area contributed by atoms with Crippen LogP contribution in [0.15, 0.2) is 48.8 Å².